The quantitative estimate of drug-likeness (QED) is 0.337. The second-order valence-corrected chi connectivity index (χ2v) is 6.07. The summed E-state index contributed by atoms with van der Waals surface area (Å²) < 4.78 is 0. The minimum Gasteiger partial charge on any atom is -0.409 e. The number of benzene rings is 1. The third-order valence-electron chi connectivity index (χ3n) is 4.73. The van der Waals surface area contributed by atoms with E-state index in [-0.39, 0.29) is 5.84 Å². The van der Waals surface area contributed by atoms with Crippen molar-refractivity contribution in [2.24, 2.45) is 16.8 Å². The number of oxime groups is 1. The lowest BCUT2D eigenvalue weighted by Crippen LogP contribution is -2.38. The van der Waals surface area contributed by atoms with Gasteiger partial charge in [0, 0.05) is 18.2 Å². The summed E-state index contributed by atoms with van der Waals surface area (Å²) in [5.41, 5.74) is 8.85. The fraction of sp³-hybridized carbons (Fsp3) is 0.588. The molecule has 1 saturated carbocycles. The Morgan fingerprint density at radius 2 is 2.14 bits per heavy atom. The second kappa shape index (κ2) is 7.46. The van der Waals surface area contributed by atoms with Crippen LogP contribution in [0.1, 0.15) is 55.7 Å². The number of nitrogens with two attached hydrogens (primary N) is 1. The number of hydrogen-bond acceptors (Lipinski definition) is 3. The van der Waals surface area contributed by atoms with Crippen molar-refractivity contribution >= 4 is 5.84 Å². The third-order valence-corrected chi connectivity index (χ3v) is 4.73. The first kappa shape index (κ1) is 15.8. The number of amidine groups is 1. The highest BCUT2D eigenvalue weighted by molar-refractivity contribution is 5.97. The van der Waals surface area contributed by atoms with E-state index in [2.05, 4.69) is 30.4 Å². The molecule has 0 spiro atoms. The van der Waals surface area contributed by atoms with Crippen LogP contribution < -0.4 is 11.1 Å². The summed E-state index contributed by atoms with van der Waals surface area (Å²) >= 11 is 0. The van der Waals surface area contributed by atoms with Crippen LogP contribution in [0, 0.1) is 12.8 Å². The zero-order chi connectivity index (χ0) is 15.2. The van der Waals surface area contributed by atoms with Gasteiger partial charge in [0.25, 0.3) is 0 Å². The fourth-order valence-corrected chi connectivity index (χ4v) is 3.32. The number of aryl methyl sites for hydroxylation is 1. The summed E-state index contributed by atoms with van der Waals surface area (Å²) in [7, 11) is 0. The van der Waals surface area contributed by atoms with Gasteiger partial charge >= 0.3 is 0 Å². The number of nitrogens with zero attached hydrogens (tertiary/aromatic N) is 1. The number of nitrogens with one attached hydrogen (secondary N) is 1. The van der Waals surface area contributed by atoms with Gasteiger partial charge in [-0.25, -0.2) is 0 Å². The molecule has 4 N–H and O–H groups in total. The molecule has 2 unspecified atom stereocenters. The van der Waals surface area contributed by atoms with E-state index in [1.165, 1.54) is 43.2 Å². The van der Waals surface area contributed by atoms with Gasteiger partial charge in [-0.3, -0.25) is 0 Å². The highest BCUT2D eigenvalue weighted by Crippen LogP contribution is 2.27. The lowest BCUT2D eigenvalue weighted by atomic mass is 9.83. The average Bonchev–Trinajstić information content (AvgIpc) is 2.53. The first-order valence-electron chi connectivity index (χ1n) is 7.96. The van der Waals surface area contributed by atoms with Crippen molar-refractivity contribution in [1.82, 2.24) is 5.32 Å². The van der Waals surface area contributed by atoms with E-state index in [1.807, 2.05) is 12.1 Å². The van der Waals surface area contributed by atoms with Crippen molar-refractivity contribution in [2.45, 2.75) is 58.5 Å². The number of rotatable bonds is 5. The summed E-state index contributed by atoms with van der Waals surface area (Å²) in [6, 6.07) is 6.60. The van der Waals surface area contributed by atoms with Crippen LogP contribution in [0.25, 0.3) is 0 Å². The lowest BCUT2D eigenvalue weighted by Gasteiger charge is -2.32. The molecule has 21 heavy (non-hydrogen) atoms. The molecule has 4 heteroatoms. The van der Waals surface area contributed by atoms with E-state index in [0.717, 1.165) is 18.0 Å². The van der Waals surface area contributed by atoms with Gasteiger partial charge in [0.1, 0.15) is 0 Å². The van der Waals surface area contributed by atoms with Crippen LogP contribution in [0.15, 0.2) is 23.4 Å². The van der Waals surface area contributed by atoms with Gasteiger partial charge in [-0.05, 0) is 42.9 Å². The van der Waals surface area contributed by atoms with Crippen LogP contribution in [0.4, 0.5) is 0 Å². The van der Waals surface area contributed by atoms with Gasteiger partial charge in [0.05, 0.1) is 0 Å². The van der Waals surface area contributed by atoms with Crippen LogP contribution in [0.2, 0.25) is 0 Å². The van der Waals surface area contributed by atoms with E-state index >= 15 is 0 Å². The van der Waals surface area contributed by atoms with Crippen molar-refractivity contribution in [3.05, 3.63) is 34.9 Å². The summed E-state index contributed by atoms with van der Waals surface area (Å²) in [6.45, 7) is 5.26. The topological polar surface area (TPSA) is 70.6 Å². The highest BCUT2D eigenvalue weighted by Gasteiger charge is 2.22. The average molecular weight is 289 g/mol. The SMILES string of the molecule is CCC1CCCCC1NCc1ccc(/C(N)=N/O)cc1C. The number of hydrogen-bond donors (Lipinski definition) is 3. The van der Waals surface area contributed by atoms with Crippen molar-refractivity contribution in [2.75, 3.05) is 0 Å². The maximum Gasteiger partial charge on any atom is 0.170 e. The van der Waals surface area contributed by atoms with Gasteiger partial charge in [0.15, 0.2) is 5.84 Å². The summed E-state index contributed by atoms with van der Waals surface area (Å²) in [5.74, 6) is 0.978. The first-order chi connectivity index (χ1) is 10.2. The van der Waals surface area contributed by atoms with Crippen molar-refractivity contribution in [3.8, 4) is 0 Å². The monoisotopic (exact) mass is 289 g/mol. The Balaban J connectivity index is 2.00. The largest absolute Gasteiger partial charge is 0.409 e. The Labute approximate surface area is 127 Å². The van der Waals surface area contributed by atoms with Crippen LogP contribution in [-0.4, -0.2) is 17.1 Å². The van der Waals surface area contributed by atoms with E-state index in [9.17, 15) is 0 Å². The molecule has 0 radical (unpaired) electrons. The Morgan fingerprint density at radius 1 is 1.38 bits per heavy atom. The van der Waals surface area contributed by atoms with E-state index in [1.54, 1.807) is 0 Å². The predicted octanol–water partition coefficient (Wildman–Crippen LogP) is 3.15. The zero-order valence-electron chi connectivity index (χ0n) is 13.1. The van der Waals surface area contributed by atoms with Gasteiger partial charge in [-0.2, -0.15) is 0 Å². The highest BCUT2D eigenvalue weighted by atomic mass is 16.4. The molecule has 0 aliphatic heterocycles. The molecule has 0 amide bonds. The van der Waals surface area contributed by atoms with Crippen molar-refractivity contribution < 1.29 is 5.21 Å². The molecule has 1 aliphatic rings. The molecule has 116 valence electrons. The van der Waals surface area contributed by atoms with Gasteiger partial charge in [-0.15, -0.1) is 0 Å². The minimum absolute atomic E-state index is 0.163. The fourth-order valence-electron chi connectivity index (χ4n) is 3.32. The van der Waals surface area contributed by atoms with Crippen LogP contribution >= 0.6 is 0 Å². The van der Waals surface area contributed by atoms with E-state index < -0.39 is 0 Å². The maximum atomic E-state index is 8.73. The van der Waals surface area contributed by atoms with Crippen LogP contribution in [0.5, 0.6) is 0 Å². The summed E-state index contributed by atoms with van der Waals surface area (Å²) in [6.07, 6.45) is 6.63. The first-order valence-corrected chi connectivity index (χ1v) is 7.96. The van der Waals surface area contributed by atoms with Crippen molar-refractivity contribution in [1.29, 1.82) is 0 Å². The standard InChI is InChI=1S/C17H27N3O/c1-3-13-6-4-5-7-16(13)19-11-15-9-8-14(10-12(15)2)17(18)20-21/h8-10,13,16,19,21H,3-7,11H2,1-2H3,(H2,18,20). The minimum atomic E-state index is 0.163. The molecule has 1 aliphatic carbocycles. The molecule has 0 saturated heterocycles. The van der Waals surface area contributed by atoms with Crippen LogP contribution in [-0.2, 0) is 6.54 Å². The molecule has 0 bridgehead atoms. The third kappa shape index (κ3) is 3.97. The molecule has 0 aromatic heterocycles. The van der Waals surface area contributed by atoms with E-state index in [0.29, 0.717) is 6.04 Å². The molecule has 1 fully saturated rings. The Morgan fingerprint density at radius 3 is 2.81 bits per heavy atom. The van der Waals surface area contributed by atoms with Gasteiger partial charge in [0.2, 0.25) is 0 Å². The maximum absolute atomic E-state index is 8.73. The molecule has 2 atom stereocenters. The summed E-state index contributed by atoms with van der Waals surface area (Å²) in [4.78, 5) is 0. The van der Waals surface area contributed by atoms with E-state index in [4.69, 9.17) is 10.9 Å². The molecular weight excluding hydrogens is 262 g/mol. The smallest absolute Gasteiger partial charge is 0.170 e. The Bertz CT molecular complexity index is 499. The summed E-state index contributed by atoms with van der Waals surface area (Å²) in [5, 5.41) is 15.5. The van der Waals surface area contributed by atoms with Gasteiger partial charge in [-0.1, -0.05) is 43.5 Å². The van der Waals surface area contributed by atoms with Gasteiger partial charge < -0.3 is 16.3 Å². The molecular formula is C17H27N3O. The molecule has 1 aromatic carbocycles. The van der Waals surface area contributed by atoms with Crippen molar-refractivity contribution in [3.63, 3.8) is 0 Å². The molecule has 2 rings (SSSR count). The second-order valence-electron chi connectivity index (χ2n) is 6.07. The zero-order valence-corrected chi connectivity index (χ0v) is 13.1. The Kier molecular flexibility index (Phi) is 5.62. The predicted molar refractivity (Wildman–Crippen MR) is 86.6 cm³/mol. The lowest BCUT2D eigenvalue weighted by molar-refractivity contribution is 0.254. The molecule has 0 heterocycles. The normalized spacial score (nSPS) is 23.2. The molecule has 4 nitrogen and oxygen atoms in total. The van der Waals surface area contributed by atoms with Crippen LogP contribution in [0.3, 0.4) is 0 Å². The molecule has 1 aromatic rings. The Hall–Kier alpha value is -1.55.